The lowest BCUT2D eigenvalue weighted by molar-refractivity contribution is -0.167. The second kappa shape index (κ2) is 19.0. The summed E-state index contributed by atoms with van der Waals surface area (Å²) in [6.45, 7) is 7.28. The van der Waals surface area contributed by atoms with E-state index in [4.69, 9.17) is 18.9 Å². The van der Waals surface area contributed by atoms with Gasteiger partial charge in [0.1, 0.15) is 13.2 Å². The summed E-state index contributed by atoms with van der Waals surface area (Å²) in [5, 5.41) is 0. The van der Waals surface area contributed by atoms with Gasteiger partial charge in [-0.25, -0.2) is 0 Å². The third-order valence-electron chi connectivity index (χ3n) is 16.1. The van der Waals surface area contributed by atoms with Crippen LogP contribution in [0.15, 0.2) is 0 Å². The van der Waals surface area contributed by atoms with E-state index in [2.05, 4.69) is 19.6 Å². The van der Waals surface area contributed by atoms with Gasteiger partial charge in [-0.15, -0.1) is 0 Å². The molecule has 316 valence electrons. The summed E-state index contributed by atoms with van der Waals surface area (Å²) in [6, 6.07) is 3.07. The molecular formula is C46H76N4O6. The molecule has 6 saturated carbocycles. The van der Waals surface area contributed by atoms with E-state index >= 15 is 0 Å². The molecule has 10 nitrogen and oxygen atoms in total. The highest BCUT2D eigenvalue weighted by Gasteiger charge is 2.44. The number of ether oxygens (including phenoxy) is 4. The first-order valence-electron chi connectivity index (χ1n) is 24.1. The molecule has 2 amide bonds. The highest BCUT2D eigenvalue weighted by atomic mass is 16.5. The van der Waals surface area contributed by atoms with Gasteiger partial charge in [0, 0.05) is 63.6 Å². The van der Waals surface area contributed by atoms with Crippen molar-refractivity contribution in [2.24, 2.45) is 11.8 Å². The summed E-state index contributed by atoms with van der Waals surface area (Å²) in [6.07, 6.45) is 31.5. The predicted octanol–water partition coefficient (Wildman–Crippen LogP) is 6.72. The first-order chi connectivity index (χ1) is 27.6. The zero-order chi connectivity index (χ0) is 37.8. The van der Waals surface area contributed by atoms with Crippen molar-refractivity contribution in [3.8, 4) is 0 Å². The molecular weight excluding hydrogens is 705 g/mol. The van der Waals surface area contributed by atoms with Crippen molar-refractivity contribution in [2.45, 2.75) is 215 Å². The number of hydrogen-bond acceptors (Lipinski definition) is 8. The van der Waals surface area contributed by atoms with Gasteiger partial charge >= 0.3 is 0 Å². The fourth-order valence-electron chi connectivity index (χ4n) is 12.3. The lowest BCUT2D eigenvalue weighted by Gasteiger charge is -2.50. The average molecular weight is 781 g/mol. The summed E-state index contributed by atoms with van der Waals surface area (Å²) in [4.78, 5) is 35.3. The molecule has 10 heteroatoms. The fourth-order valence-corrected chi connectivity index (χ4v) is 12.3. The van der Waals surface area contributed by atoms with Crippen LogP contribution in [0.3, 0.4) is 0 Å². The number of carbonyl (C=O) groups excluding carboxylic acids is 2. The maximum Gasteiger partial charge on any atom is 0.249 e. The molecule has 56 heavy (non-hydrogen) atoms. The Hall–Kier alpha value is -1.30. The molecule has 4 atom stereocenters. The van der Waals surface area contributed by atoms with Crippen molar-refractivity contribution in [3.63, 3.8) is 0 Å². The first-order valence-corrected chi connectivity index (χ1v) is 24.1. The third kappa shape index (κ3) is 10.00. The molecule has 4 aliphatic heterocycles. The average Bonchev–Trinajstić information content (AvgIpc) is 4.20. The Bertz CT molecular complexity index is 1170. The summed E-state index contributed by atoms with van der Waals surface area (Å²) in [5.41, 5.74) is 0. The summed E-state index contributed by atoms with van der Waals surface area (Å²) >= 11 is 0. The molecule has 0 radical (unpaired) electrons. The lowest BCUT2D eigenvalue weighted by Crippen LogP contribution is -2.61. The summed E-state index contributed by atoms with van der Waals surface area (Å²) in [5.74, 6) is 2.25. The lowest BCUT2D eigenvalue weighted by atomic mass is 9.86. The van der Waals surface area contributed by atoms with Crippen LogP contribution in [0, 0.1) is 11.8 Å². The van der Waals surface area contributed by atoms with E-state index in [1.54, 1.807) is 0 Å². The molecule has 0 bridgehead atoms. The molecule has 0 N–H and O–H groups in total. The molecule has 4 heterocycles. The van der Waals surface area contributed by atoms with Crippen LogP contribution in [0.5, 0.6) is 0 Å². The Morgan fingerprint density at radius 1 is 0.429 bits per heavy atom. The summed E-state index contributed by atoms with van der Waals surface area (Å²) < 4.78 is 24.0. The molecule has 10 rings (SSSR count). The normalized spacial score (nSPS) is 38.4. The quantitative estimate of drug-likeness (QED) is 0.242. The first kappa shape index (κ1) is 40.1. The van der Waals surface area contributed by atoms with Crippen LogP contribution in [0.1, 0.15) is 154 Å². The number of carbonyl (C=O) groups is 2. The molecule has 0 spiro atoms. The van der Waals surface area contributed by atoms with E-state index in [9.17, 15) is 9.59 Å². The van der Waals surface area contributed by atoms with Gasteiger partial charge in [0.15, 0.2) is 0 Å². The molecule has 0 aromatic heterocycles. The van der Waals surface area contributed by atoms with E-state index < -0.39 is 0 Å². The Morgan fingerprint density at radius 2 is 0.804 bits per heavy atom. The monoisotopic (exact) mass is 781 g/mol. The smallest absolute Gasteiger partial charge is 0.249 e. The highest BCUT2D eigenvalue weighted by molar-refractivity contribution is 5.79. The van der Waals surface area contributed by atoms with Crippen molar-refractivity contribution >= 4 is 11.8 Å². The van der Waals surface area contributed by atoms with Crippen LogP contribution < -0.4 is 0 Å². The SMILES string of the molecule is O=C1CO[C@H]2CCCC[C@@H]2N1C1CCN(C2CCC(OCC3CC3)CC2)CC1.O=C1CO[C@H]2CCCC[C@@H]2N1C1CCN(C2CCC(OCC3CC3)CC2)CC1. The third-order valence-corrected chi connectivity index (χ3v) is 16.1. The van der Waals surface area contributed by atoms with E-state index in [1.165, 1.54) is 103 Å². The van der Waals surface area contributed by atoms with Crippen LogP contribution in [0.4, 0.5) is 0 Å². The van der Waals surface area contributed by atoms with Crippen molar-refractivity contribution in [2.75, 3.05) is 52.6 Å². The Morgan fingerprint density at radius 3 is 1.18 bits per heavy atom. The topological polar surface area (TPSA) is 84.0 Å². The van der Waals surface area contributed by atoms with Crippen LogP contribution in [0.25, 0.3) is 0 Å². The minimum Gasteiger partial charge on any atom is -0.378 e. The molecule has 4 saturated heterocycles. The number of nitrogens with zero attached hydrogens (tertiary/aromatic N) is 4. The predicted molar refractivity (Wildman–Crippen MR) is 216 cm³/mol. The van der Waals surface area contributed by atoms with Crippen molar-refractivity contribution in [1.29, 1.82) is 0 Å². The van der Waals surface area contributed by atoms with E-state index in [-0.39, 0.29) is 11.8 Å². The van der Waals surface area contributed by atoms with Crippen molar-refractivity contribution in [3.05, 3.63) is 0 Å². The number of amides is 2. The van der Waals surface area contributed by atoms with Gasteiger partial charge in [-0.05, 0) is 140 Å². The molecule has 6 aliphatic carbocycles. The van der Waals surface area contributed by atoms with Gasteiger partial charge in [-0.3, -0.25) is 9.59 Å². The van der Waals surface area contributed by atoms with Crippen LogP contribution in [0.2, 0.25) is 0 Å². The maximum absolute atomic E-state index is 12.7. The van der Waals surface area contributed by atoms with Crippen molar-refractivity contribution in [1.82, 2.24) is 19.6 Å². The van der Waals surface area contributed by atoms with Gasteiger partial charge in [0.25, 0.3) is 0 Å². The molecule has 10 fully saturated rings. The second-order valence-corrected chi connectivity index (χ2v) is 20.0. The Labute approximate surface area is 338 Å². The Balaban J connectivity index is 0.000000146. The molecule has 10 aliphatic rings. The zero-order valence-corrected chi connectivity index (χ0v) is 34.8. The maximum atomic E-state index is 12.7. The summed E-state index contributed by atoms with van der Waals surface area (Å²) in [7, 11) is 0. The minimum atomic E-state index is 0.245. The number of morpholine rings is 2. The largest absolute Gasteiger partial charge is 0.378 e. The molecule has 0 unspecified atom stereocenters. The van der Waals surface area contributed by atoms with E-state index in [0.717, 1.165) is 115 Å². The Kier molecular flexibility index (Phi) is 13.6. The fraction of sp³-hybridized carbons (Fsp3) is 0.957. The highest BCUT2D eigenvalue weighted by Crippen LogP contribution is 2.37. The molecule has 0 aromatic carbocycles. The minimum absolute atomic E-state index is 0.245. The number of hydrogen-bond donors (Lipinski definition) is 0. The molecule has 0 aromatic rings. The van der Waals surface area contributed by atoms with Gasteiger partial charge in [-0.1, -0.05) is 25.7 Å². The van der Waals surface area contributed by atoms with Gasteiger partial charge in [-0.2, -0.15) is 0 Å². The number of rotatable bonds is 10. The van der Waals surface area contributed by atoms with Gasteiger partial charge in [0.05, 0.1) is 36.5 Å². The van der Waals surface area contributed by atoms with Crippen molar-refractivity contribution < 1.29 is 28.5 Å². The number of piperidine rings is 2. The van der Waals surface area contributed by atoms with Crippen LogP contribution >= 0.6 is 0 Å². The number of fused-ring (bicyclic) bond motifs is 2. The van der Waals surface area contributed by atoms with Gasteiger partial charge in [0.2, 0.25) is 11.8 Å². The number of likely N-dealkylation sites (tertiary alicyclic amines) is 2. The van der Waals surface area contributed by atoms with E-state index in [0.29, 0.717) is 61.8 Å². The van der Waals surface area contributed by atoms with Crippen LogP contribution in [-0.2, 0) is 28.5 Å². The second-order valence-electron chi connectivity index (χ2n) is 20.0. The van der Waals surface area contributed by atoms with Crippen LogP contribution in [-0.4, -0.2) is 145 Å². The zero-order valence-electron chi connectivity index (χ0n) is 34.8. The van der Waals surface area contributed by atoms with E-state index in [1.807, 2.05) is 0 Å². The van der Waals surface area contributed by atoms with Gasteiger partial charge < -0.3 is 38.5 Å². The standard InChI is InChI=1S/2C23H38N2O3/c2*26-23-16-28-22-4-2-1-3-21(22)25(23)19-11-13-24(14-12-19)18-7-9-20(10-8-18)27-15-17-5-6-17/h2*17-22H,1-16H2/t2*18?,20?,21-,22-/m00/s1.